The molecule has 4 aromatic carbocycles. The van der Waals surface area contributed by atoms with E-state index in [4.69, 9.17) is 0 Å². The molecule has 148 valence electrons. The Hall–Kier alpha value is -2.16. The molecular formula is C24H19AuNO2Sb. The molecule has 0 radical (unpaired) electrons. The van der Waals surface area contributed by atoms with Crippen molar-refractivity contribution in [3.8, 4) is 0 Å². The van der Waals surface area contributed by atoms with E-state index < -0.39 is 25.1 Å². The van der Waals surface area contributed by atoms with Gasteiger partial charge in [0.25, 0.3) is 0 Å². The summed E-state index contributed by atoms with van der Waals surface area (Å²) < 4.78 is 4.55. The third-order valence-corrected chi connectivity index (χ3v) is 10.9. The summed E-state index contributed by atoms with van der Waals surface area (Å²) in [5.41, 5.74) is 0.0116. The molecule has 0 aliphatic heterocycles. The Morgan fingerprint density at radius 1 is 0.621 bits per heavy atom. The van der Waals surface area contributed by atoms with Crippen molar-refractivity contribution < 1.29 is 27.3 Å². The predicted octanol–water partition coefficient (Wildman–Crippen LogP) is 3.60. The van der Waals surface area contributed by atoms with Crippen molar-refractivity contribution in [2.24, 2.45) is 0 Å². The van der Waals surface area contributed by atoms with E-state index in [1.54, 1.807) is 12.1 Å². The Bertz CT molecular complexity index is 890. The van der Waals surface area contributed by atoms with Gasteiger partial charge in [0.05, 0.1) is 0 Å². The molecule has 0 unspecified atom stereocenters. The molecule has 0 amide bonds. The summed E-state index contributed by atoms with van der Waals surface area (Å²) in [5.74, 6) is 0. The van der Waals surface area contributed by atoms with E-state index in [-0.39, 0.29) is 28.1 Å². The third kappa shape index (κ3) is 6.99. The van der Waals surface area contributed by atoms with Crippen LogP contribution in [-0.4, -0.2) is 25.1 Å². The number of nitro groups is 1. The molecule has 0 atom stereocenters. The van der Waals surface area contributed by atoms with Gasteiger partial charge in [-0.3, -0.25) is 10.1 Å². The molecule has 29 heavy (non-hydrogen) atoms. The Kier molecular flexibility index (Phi) is 9.90. The summed E-state index contributed by atoms with van der Waals surface area (Å²) in [7, 11) is 0. The molecule has 0 aliphatic rings. The monoisotopic (exact) mass is 671 g/mol. The van der Waals surface area contributed by atoms with Gasteiger partial charge < -0.3 is 0 Å². The van der Waals surface area contributed by atoms with E-state index in [0.717, 1.165) is 0 Å². The Balaban J connectivity index is 0.000000255. The zero-order valence-corrected chi connectivity index (χ0v) is 20.2. The first kappa shape index (κ1) is 23.1. The predicted molar refractivity (Wildman–Crippen MR) is 116 cm³/mol. The second kappa shape index (κ2) is 12.4. The van der Waals surface area contributed by atoms with Gasteiger partial charge in [-0.05, 0) is 0 Å². The molecule has 5 heteroatoms. The van der Waals surface area contributed by atoms with Gasteiger partial charge in [-0.2, -0.15) is 18.2 Å². The van der Waals surface area contributed by atoms with E-state index in [1.165, 1.54) is 22.7 Å². The number of hydrogen-bond donors (Lipinski definition) is 0. The summed E-state index contributed by atoms with van der Waals surface area (Å²) in [6, 6.07) is 41.6. The summed E-state index contributed by atoms with van der Waals surface area (Å²) in [4.78, 5) is 9.50. The number of hydrogen-bond acceptors (Lipinski definition) is 2. The second-order valence-corrected chi connectivity index (χ2v) is 12.2. The van der Waals surface area contributed by atoms with Crippen LogP contribution in [0.2, 0.25) is 0 Å². The fourth-order valence-electron chi connectivity index (χ4n) is 2.68. The number of para-hydroxylation sites is 1. The van der Waals surface area contributed by atoms with Crippen molar-refractivity contribution in [3.63, 3.8) is 0 Å². The number of nitrogens with zero attached hydrogens (tertiary/aromatic N) is 1. The Morgan fingerprint density at radius 2 is 1.00 bits per heavy atom. The van der Waals surface area contributed by atoms with Gasteiger partial charge >= 0.3 is 144 Å². The molecule has 4 rings (SSSR count). The number of rotatable bonds is 4. The van der Waals surface area contributed by atoms with Crippen LogP contribution in [0.5, 0.6) is 0 Å². The summed E-state index contributed by atoms with van der Waals surface area (Å²) >= 11 is -1.83. The SMILES string of the molecule is O=[N+]([O-])c1[c-]cccc1.[Au+].c1cc[c]([Sb]([c]2ccccc2)[c]2ccccc2)cc1. The van der Waals surface area contributed by atoms with Crippen LogP contribution in [0.15, 0.2) is 115 Å². The van der Waals surface area contributed by atoms with E-state index >= 15 is 0 Å². The molecule has 0 saturated carbocycles. The van der Waals surface area contributed by atoms with E-state index in [0.29, 0.717) is 0 Å². The first-order chi connectivity index (χ1) is 13.8. The fourth-order valence-corrected chi connectivity index (χ4v) is 9.26. The quantitative estimate of drug-likeness (QED) is 0.144. The molecule has 4 aromatic rings. The summed E-state index contributed by atoms with van der Waals surface area (Å²) in [5, 5.41) is 9.98. The molecule has 0 bridgehead atoms. The Labute approximate surface area is 194 Å². The number of nitro benzene ring substituents is 1. The van der Waals surface area contributed by atoms with Gasteiger partial charge in [0, 0.05) is 4.92 Å². The van der Waals surface area contributed by atoms with E-state index in [2.05, 4.69) is 97.1 Å². The molecular weight excluding hydrogens is 653 g/mol. The molecule has 0 aliphatic carbocycles. The van der Waals surface area contributed by atoms with Gasteiger partial charge in [0.1, 0.15) is 0 Å². The molecule has 0 heterocycles. The van der Waals surface area contributed by atoms with Gasteiger partial charge in [-0.25, -0.2) is 0 Å². The fraction of sp³-hybridized carbons (Fsp3) is 0. The minimum absolute atomic E-state index is 0. The van der Waals surface area contributed by atoms with Crippen molar-refractivity contribution in [1.29, 1.82) is 0 Å². The van der Waals surface area contributed by atoms with E-state index in [1.807, 2.05) is 0 Å². The van der Waals surface area contributed by atoms with Crippen molar-refractivity contribution >= 4 is 36.4 Å². The van der Waals surface area contributed by atoms with Gasteiger partial charge in [-0.1, -0.05) is 6.07 Å². The number of benzene rings is 4. The van der Waals surface area contributed by atoms with Crippen LogP contribution in [0.4, 0.5) is 5.69 Å². The Morgan fingerprint density at radius 3 is 1.28 bits per heavy atom. The maximum atomic E-state index is 9.98. The third-order valence-electron chi connectivity index (χ3n) is 3.93. The van der Waals surface area contributed by atoms with E-state index in [9.17, 15) is 10.1 Å². The van der Waals surface area contributed by atoms with Crippen LogP contribution in [0.1, 0.15) is 0 Å². The average molecular weight is 672 g/mol. The van der Waals surface area contributed by atoms with Crippen LogP contribution in [0.3, 0.4) is 0 Å². The normalized spacial score (nSPS) is 9.69. The van der Waals surface area contributed by atoms with Crippen LogP contribution in [-0.2, 0) is 22.4 Å². The van der Waals surface area contributed by atoms with Crippen molar-refractivity contribution in [1.82, 2.24) is 0 Å². The first-order valence-electron chi connectivity index (χ1n) is 8.82. The van der Waals surface area contributed by atoms with Gasteiger partial charge in [0.15, 0.2) is 5.69 Å². The zero-order valence-electron chi connectivity index (χ0n) is 15.5. The molecule has 0 aromatic heterocycles. The molecule has 0 saturated heterocycles. The van der Waals surface area contributed by atoms with Crippen LogP contribution in [0.25, 0.3) is 0 Å². The molecule has 0 spiro atoms. The van der Waals surface area contributed by atoms with Gasteiger partial charge in [-0.15, -0.1) is 6.07 Å². The van der Waals surface area contributed by atoms with Crippen molar-refractivity contribution in [2.75, 3.05) is 0 Å². The molecule has 0 fully saturated rings. The maximum absolute atomic E-state index is 9.98. The zero-order chi connectivity index (χ0) is 19.6. The van der Waals surface area contributed by atoms with Crippen LogP contribution in [0, 0.1) is 16.2 Å². The van der Waals surface area contributed by atoms with Crippen LogP contribution >= 0.6 is 0 Å². The molecule has 3 nitrogen and oxygen atoms in total. The number of non-ortho nitro benzene ring substituents is 1. The molecule has 0 N–H and O–H groups in total. The standard InChI is InChI=1S/C6H4NO2.3C6H5.Au.Sb/c8-7(9)6-4-2-1-3-5-6;3*1-2-4-6-5-3-1;;/h1-4H;3*1-5H;;/q-1;;;;+1;. The summed E-state index contributed by atoms with van der Waals surface area (Å²) in [6.07, 6.45) is 0. The second-order valence-electron chi connectivity index (χ2n) is 5.85. The van der Waals surface area contributed by atoms with Crippen LogP contribution < -0.4 is 10.5 Å². The van der Waals surface area contributed by atoms with Crippen molar-refractivity contribution in [2.45, 2.75) is 0 Å². The first-order valence-corrected chi connectivity index (χ1v) is 12.6. The average Bonchev–Trinajstić information content (AvgIpc) is 2.77. The topological polar surface area (TPSA) is 43.1 Å². The minimum atomic E-state index is -1.83. The summed E-state index contributed by atoms with van der Waals surface area (Å²) in [6.45, 7) is 0. The van der Waals surface area contributed by atoms with Gasteiger partial charge in [0.2, 0.25) is 0 Å². The van der Waals surface area contributed by atoms with Crippen molar-refractivity contribution in [3.05, 3.63) is 131 Å².